The van der Waals surface area contributed by atoms with E-state index in [0.717, 1.165) is 11.1 Å². The topological polar surface area (TPSA) is 60.4 Å². The molecule has 4 nitrogen and oxygen atoms in total. The molecule has 0 bridgehead atoms. The van der Waals surface area contributed by atoms with Crippen molar-refractivity contribution in [1.82, 2.24) is 0 Å². The third-order valence-electron chi connectivity index (χ3n) is 3.16. The van der Waals surface area contributed by atoms with Crippen molar-refractivity contribution >= 4 is 38.4 Å². The van der Waals surface area contributed by atoms with Crippen molar-refractivity contribution < 1.29 is 17.9 Å². The van der Waals surface area contributed by atoms with Gasteiger partial charge in [-0.25, -0.2) is 8.42 Å². The molecule has 0 heterocycles. The quantitative estimate of drug-likeness (QED) is 0.456. The highest BCUT2D eigenvalue weighted by Gasteiger charge is 2.32. The summed E-state index contributed by atoms with van der Waals surface area (Å²) in [5, 5.41) is 0. The zero-order chi connectivity index (χ0) is 13.3. The first kappa shape index (κ1) is 13.8. The lowest BCUT2D eigenvalue weighted by atomic mass is 10.1. The molecule has 0 saturated carbocycles. The van der Waals surface area contributed by atoms with Gasteiger partial charge in [0.25, 0.3) is 0 Å². The third kappa shape index (κ3) is 2.40. The maximum atomic E-state index is 12.0. The smallest absolute Gasteiger partial charge is 0.309 e. The van der Waals surface area contributed by atoms with Gasteiger partial charge in [-0.3, -0.25) is 4.79 Å². The van der Waals surface area contributed by atoms with E-state index in [4.69, 9.17) is 4.74 Å². The van der Waals surface area contributed by atoms with E-state index in [1.165, 1.54) is 7.11 Å². The summed E-state index contributed by atoms with van der Waals surface area (Å²) in [6, 6.07) is 5.23. The highest BCUT2D eigenvalue weighted by Crippen LogP contribution is 2.33. The minimum Gasteiger partial charge on any atom is -0.469 e. The molecule has 18 heavy (non-hydrogen) atoms. The average molecular weight is 380 g/mol. The number of carbonyl (C=O) groups is 1. The van der Waals surface area contributed by atoms with Crippen LogP contribution in [0.4, 0.5) is 0 Å². The summed E-state index contributed by atoms with van der Waals surface area (Å²) in [6.45, 7) is 0. The highest BCUT2D eigenvalue weighted by molar-refractivity contribution is 14.1. The number of alkyl halides is 1. The fourth-order valence-corrected chi connectivity index (χ4v) is 4.30. The van der Waals surface area contributed by atoms with Gasteiger partial charge in [-0.1, -0.05) is 34.7 Å². The largest absolute Gasteiger partial charge is 0.469 e. The van der Waals surface area contributed by atoms with Crippen LogP contribution in [-0.4, -0.2) is 25.3 Å². The lowest BCUT2D eigenvalue weighted by Crippen LogP contribution is -2.16. The van der Waals surface area contributed by atoms with E-state index in [1.54, 1.807) is 12.1 Å². The molecule has 0 aromatic heterocycles. The number of hydrogen-bond acceptors (Lipinski definition) is 4. The zero-order valence-corrected chi connectivity index (χ0v) is 12.8. The van der Waals surface area contributed by atoms with E-state index in [1.807, 2.05) is 28.7 Å². The van der Waals surface area contributed by atoms with Crippen molar-refractivity contribution in [2.75, 3.05) is 10.9 Å². The predicted molar refractivity (Wildman–Crippen MR) is 75.4 cm³/mol. The molecule has 0 saturated heterocycles. The summed E-state index contributed by atoms with van der Waals surface area (Å²) in [5.74, 6) is -0.528. The van der Waals surface area contributed by atoms with Gasteiger partial charge in [-0.15, -0.1) is 0 Å². The monoisotopic (exact) mass is 380 g/mol. The van der Waals surface area contributed by atoms with E-state index in [9.17, 15) is 13.2 Å². The van der Waals surface area contributed by atoms with Gasteiger partial charge in [0.15, 0.2) is 9.84 Å². The lowest BCUT2D eigenvalue weighted by Gasteiger charge is -2.07. The van der Waals surface area contributed by atoms with Crippen molar-refractivity contribution in [3.63, 3.8) is 0 Å². The molecule has 2 rings (SSSR count). The molecule has 0 radical (unpaired) electrons. The molecule has 0 fully saturated rings. The van der Waals surface area contributed by atoms with Crippen LogP contribution in [0, 0.1) is 5.92 Å². The number of sulfone groups is 1. The summed E-state index contributed by atoms with van der Waals surface area (Å²) in [4.78, 5) is 11.9. The summed E-state index contributed by atoms with van der Waals surface area (Å²) in [6.07, 6.45) is 1.01. The van der Waals surface area contributed by atoms with Gasteiger partial charge >= 0.3 is 5.97 Å². The van der Waals surface area contributed by atoms with Crippen LogP contribution >= 0.6 is 22.6 Å². The van der Waals surface area contributed by atoms with Gasteiger partial charge in [0.1, 0.15) is 3.76 Å². The Morgan fingerprint density at radius 1 is 1.44 bits per heavy atom. The molecular weight excluding hydrogens is 367 g/mol. The molecule has 1 aliphatic rings. The van der Waals surface area contributed by atoms with Crippen LogP contribution in [0.3, 0.4) is 0 Å². The lowest BCUT2D eigenvalue weighted by molar-refractivity contribution is -0.145. The maximum Gasteiger partial charge on any atom is 0.309 e. The fraction of sp³-hybridized carbons (Fsp3) is 0.417. The van der Waals surface area contributed by atoms with Crippen LogP contribution in [0.25, 0.3) is 0 Å². The number of halogens is 1. The summed E-state index contributed by atoms with van der Waals surface area (Å²) >= 11 is 1.85. The van der Waals surface area contributed by atoms with E-state index in [2.05, 4.69) is 0 Å². The number of fused-ring (bicyclic) bond motifs is 1. The molecule has 0 aliphatic heterocycles. The van der Waals surface area contributed by atoms with E-state index in [-0.39, 0.29) is 15.6 Å². The normalized spacial score (nSPS) is 18.4. The van der Waals surface area contributed by atoms with Gasteiger partial charge < -0.3 is 4.74 Å². The Balaban J connectivity index is 2.42. The summed E-state index contributed by atoms with van der Waals surface area (Å²) < 4.78 is 28.7. The van der Waals surface area contributed by atoms with Crippen molar-refractivity contribution in [3.05, 3.63) is 29.3 Å². The Bertz CT molecular complexity index is 580. The molecule has 1 aliphatic carbocycles. The molecule has 0 amide bonds. The van der Waals surface area contributed by atoms with E-state index >= 15 is 0 Å². The van der Waals surface area contributed by atoms with Crippen molar-refractivity contribution in [3.8, 4) is 0 Å². The molecule has 1 aromatic carbocycles. The SMILES string of the molecule is COC(=O)C1Cc2cccc(S(=O)(=O)CI)c2C1. The van der Waals surface area contributed by atoms with Crippen molar-refractivity contribution in [2.24, 2.45) is 5.92 Å². The van der Waals surface area contributed by atoms with Crippen LogP contribution in [0.5, 0.6) is 0 Å². The standard InChI is InChI=1S/C12H13IO4S/c1-17-12(14)9-5-8-3-2-4-11(10(8)6-9)18(15,16)7-13/h2-4,9H,5-7H2,1H3. The Morgan fingerprint density at radius 2 is 2.17 bits per heavy atom. The van der Waals surface area contributed by atoms with Crippen LogP contribution in [0.1, 0.15) is 11.1 Å². The first-order valence-electron chi connectivity index (χ1n) is 5.47. The van der Waals surface area contributed by atoms with Gasteiger partial charge in [-0.2, -0.15) is 0 Å². The maximum absolute atomic E-state index is 12.0. The zero-order valence-electron chi connectivity index (χ0n) is 9.85. The second-order valence-corrected chi connectivity index (χ2v) is 8.00. The minimum atomic E-state index is -3.24. The van der Waals surface area contributed by atoms with Gasteiger partial charge in [0, 0.05) is 0 Å². The highest BCUT2D eigenvalue weighted by atomic mass is 127. The number of esters is 1. The Kier molecular flexibility index (Phi) is 3.96. The second kappa shape index (κ2) is 5.16. The molecule has 6 heteroatoms. The van der Waals surface area contributed by atoms with Crippen LogP contribution in [0.15, 0.2) is 23.1 Å². The van der Waals surface area contributed by atoms with Crippen molar-refractivity contribution in [2.45, 2.75) is 17.7 Å². The average Bonchev–Trinajstić information content (AvgIpc) is 2.81. The number of benzene rings is 1. The van der Waals surface area contributed by atoms with Crippen molar-refractivity contribution in [1.29, 1.82) is 0 Å². The number of carbonyl (C=O) groups excluding carboxylic acids is 1. The van der Waals surface area contributed by atoms with Crippen LogP contribution in [0.2, 0.25) is 0 Å². The van der Waals surface area contributed by atoms with Crippen LogP contribution < -0.4 is 0 Å². The third-order valence-corrected chi connectivity index (χ3v) is 6.96. The molecule has 1 unspecified atom stereocenters. The van der Waals surface area contributed by atoms with Gasteiger partial charge in [0.05, 0.1) is 17.9 Å². The van der Waals surface area contributed by atoms with E-state index < -0.39 is 9.84 Å². The second-order valence-electron chi connectivity index (χ2n) is 4.25. The van der Waals surface area contributed by atoms with Gasteiger partial charge in [-0.05, 0) is 30.0 Å². The first-order valence-corrected chi connectivity index (χ1v) is 8.64. The number of hydrogen-bond donors (Lipinski definition) is 0. The number of methoxy groups -OCH3 is 1. The molecule has 1 atom stereocenters. The van der Waals surface area contributed by atoms with E-state index in [0.29, 0.717) is 17.7 Å². The minimum absolute atomic E-state index is 0.0457. The molecule has 1 aromatic rings. The van der Waals surface area contributed by atoms with Gasteiger partial charge in [0.2, 0.25) is 0 Å². The Labute approximate surface area is 120 Å². The molecular formula is C12H13IO4S. The first-order chi connectivity index (χ1) is 8.49. The molecule has 98 valence electrons. The summed E-state index contributed by atoms with van der Waals surface area (Å²) in [7, 11) is -1.89. The molecule has 0 spiro atoms. The Hall–Kier alpha value is -0.630. The number of rotatable bonds is 3. The number of ether oxygens (including phenoxy) is 1. The Morgan fingerprint density at radius 3 is 2.78 bits per heavy atom. The predicted octanol–water partition coefficient (Wildman–Crippen LogP) is 1.74. The summed E-state index contributed by atoms with van der Waals surface area (Å²) in [5.41, 5.74) is 1.72. The molecule has 0 N–H and O–H groups in total. The fourth-order valence-electron chi connectivity index (χ4n) is 2.30. The van der Waals surface area contributed by atoms with Crippen LogP contribution in [-0.2, 0) is 32.2 Å².